The molecule has 0 bridgehead atoms. The van der Waals surface area contributed by atoms with Gasteiger partial charge in [0.2, 0.25) is 0 Å². The highest BCUT2D eigenvalue weighted by molar-refractivity contribution is 6.10. The van der Waals surface area contributed by atoms with Crippen LogP contribution in [-0.4, -0.2) is 12.9 Å². The van der Waals surface area contributed by atoms with E-state index in [1.165, 1.54) is 0 Å². The Morgan fingerprint density at radius 2 is 1.71 bits per heavy atom. The van der Waals surface area contributed by atoms with Crippen molar-refractivity contribution in [2.75, 3.05) is 12.8 Å². The number of carbonyl (C=O) groups excluding carboxylic acids is 1. The van der Waals surface area contributed by atoms with E-state index in [2.05, 4.69) is 0 Å². The molecule has 2 N–H and O–H groups in total. The maximum Gasteiger partial charge on any atom is 0.196 e. The fourth-order valence-corrected chi connectivity index (χ4v) is 1.62. The number of anilines is 1. The molecule has 0 aliphatic heterocycles. The predicted octanol–water partition coefficient (Wildman–Crippen LogP) is 2.51. The summed E-state index contributed by atoms with van der Waals surface area (Å²) in [4.78, 5) is 12.2. The van der Waals surface area contributed by atoms with Gasteiger partial charge in [-0.25, -0.2) is 0 Å². The first-order chi connectivity index (χ1) is 8.22. The Morgan fingerprint density at radius 3 is 2.35 bits per heavy atom. The second-order valence-electron chi connectivity index (χ2n) is 3.65. The zero-order chi connectivity index (χ0) is 12.3. The van der Waals surface area contributed by atoms with Crippen LogP contribution in [0.15, 0.2) is 48.5 Å². The maximum atomic E-state index is 12.2. The molecule has 0 aliphatic rings. The number of ketones is 1. The van der Waals surface area contributed by atoms with E-state index in [0.717, 1.165) is 0 Å². The van der Waals surface area contributed by atoms with Crippen molar-refractivity contribution in [2.45, 2.75) is 0 Å². The van der Waals surface area contributed by atoms with Crippen LogP contribution in [0.5, 0.6) is 5.75 Å². The monoisotopic (exact) mass is 227 g/mol. The topological polar surface area (TPSA) is 52.3 Å². The van der Waals surface area contributed by atoms with Gasteiger partial charge in [-0.2, -0.15) is 0 Å². The molecule has 3 nitrogen and oxygen atoms in total. The number of nitrogen functional groups attached to an aromatic ring is 1. The smallest absolute Gasteiger partial charge is 0.196 e. The van der Waals surface area contributed by atoms with Gasteiger partial charge in [0.15, 0.2) is 5.78 Å². The van der Waals surface area contributed by atoms with Gasteiger partial charge in [-0.3, -0.25) is 4.79 Å². The average molecular weight is 227 g/mol. The molecule has 0 fully saturated rings. The minimum absolute atomic E-state index is 0.0672. The number of benzene rings is 2. The quantitative estimate of drug-likeness (QED) is 0.647. The lowest BCUT2D eigenvalue weighted by atomic mass is 10.0. The summed E-state index contributed by atoms with van der Waals surface area (Å²) in [5.74, 6) is 0.511. The molecule has 0 saturated heterocycles. The molecule has 17 heavy (non-hydrogen) atoms. The Balaban J connectivity index is 2.40. The summed E-state index contributed by atoms with van der Waals surface area (Å²) in [6.45, 7) is 0. The third-order valence-electron chi connectivity index (χ3n) is 2.52. The highest BCUT2D eigenvalue weighted by Gasteiger charge is 2.13. The van der Waals surface area contributed by atoms with Crippen molar-refractivity contribution in [1.29, 1.82) is 0 Å². The zero-order valence-electron chi connectivity index (χ0n) is 9.51. The van der Waals surface area contributed by atoms with Gasteiger partial charge in [0.25, 0.3) is 0 Å². The van der Waals surface area contributed by atoms with Crippen molar-refractivity contribution in [3.05, 3.63) is 59.7 Å². The fraction of sp³-hybridized carbons (Fsp3) is 0.0714. The van der Waals surface area contributed by atoms with E-state index in [9.17, 15) is 4.79 Å². The van der Waals surface area contributed by atoms with Crippen LogP contribution < -0.4 is 10.5 Å². The Bertz CT molecular complexity index is 532. The second-order valence-corrected chi connectivity index (χ2v) is 3.65. The molecular weight excluding hydrogens is 214 g/mol. The van der Waals surface area contributed by atoms with Gasteiger partial charge < -0.3 is 10.5 Å². The lowest BCUT2D eigenvalue weighted by Gasteiger charge is -2.07. The maximum absolute atomic E-state index is 12.2. The minimum Gasteiger partial charge on any atom is -0.496 e. The van der Waals surface area contributed by atoms with Gasteiger partial charge in [-0.05, 0) is 36.4 Å². The molecule has 0 amide bonds. The second kappa shape index (κ2) is 4.70. The number of hydrogen-bond acceptors (Lipinski definition) is 3. The number of rotatable bonds is 3. The lowest BCUT2D eigenvalue weighted by molar-refractivity contribution is 0.103. The first-order valence-corrected chi connectivity index (χ1v) is 5.25. The highest BCUT2D eigenvalue weighted by Crippen LogP contribution is 2.21. The number of ether oxygens (including phenoxy) is 1. The summed E-state index contributed by atoms with van der Waals surface area (Å²) in [6, 6.07) is 14.0. The number of carbonyl (C=O) groups is 1. The summed E-state index contributed by atoms with van der Waals surface area (Å²) < 4.78 is 5.17. The van der Waals surface area contributed by atoms with Gasteiger partial charge in [-0.1, -0.05) is 12.1 Å². The minimum atomic E-state index is -0.0672. The molecule has 3 heteroatoms. The van der Waals surface area contributed by atoms with Gasteiger partial charge in [0.05, 0.1) is 12.7 Å². The number of nitrogens with two attached hydrogens (primary N) is 1. The first-order valence-electron chi connectivity index (χ1n) is 5.25. The summed E-state index contributed by atoms with van der Waals surface area (Å²) in [5.41, 5.74) is 7.38. The zero-order valence-corrected chi connectivity index (χ0v) is 9.51. The molecule has 86 valence electrons. The molecule has 0 heterocycles. The number of hydrogen-bond donors (Lipinski definition) is 1. The van der Waals surface area contributed by atoms with Crippen molar-refractivity contribution in [3.63, 3.8) is 0 Å². The van der Waals surface area contributed by atoms with Crippen LogP contribution >= 0.6 is 0 Å². The molecule has 2 aromatic rings. The molecule has 0 atom stereocenters. The summed E-state index contributed by atoms with van der Waals surface area (Å²) in [7, 11) is 1.55. The Morgan fingerprint density at radius 1 is 1.06 bits per heavy atom. The normalized spacial score (nSPS) is 9.94. The third kappa shape index (κ3) is 2.28. The van der Waals surface area contributed by atoms with Crippen LogP contribution in [0.4, 0.5) is 5.69 Å². The molecule has 0 spiro atoms. The fourth-order valence-electron chi connectivity index (χ4n) is 1.62. The van der Waals surface area contributed by atoms with Crippen molar-refractivity contribution in [2.24, 2.45) is 0 Å². The van der Waals surface area contributed by atoms with Crippen molar-refractivity contribution in [1.82, 2.24) is 0 Å². The van der Waals surface area contributed by atoms with E-state index in [4.69, 9.17) is 10.5 Å². The number of methoxy groups -OCH3 is 1. The Labute approximate surface area is 99.8 Å². The van der Waals surface area contributed by atoms with Crippen LogP contribution in [0.2, 0.25) is 0 Å². The van der Waals surface area contributed by atoms with E-state index in [0.29, 0.717) is 22.6 Å². The van der Waals surface area contributed by atoms with E-state index >= 15 is 0 Å². The molecule has 2 rings (SSSR count). The largest absolute Gasteiger partial charge is 0.496 e. The van der Waals surface area contributed by atoms with Crippen LogP contribution in [0.1, 0.15) is 15.9 Å². The van der Waals surface area contributed by atoms with Crippen molar-refractivity contribution >= 4 is 11.5 Å². The Hall–Kier alpha value is -2.29. The first kappa shape index (κ1) is 11.2. The van der Waals surface area contributed by atoms with E-state index in [-0.39, 0.29) is 5.78 Å². The summed E-state index contributed by atoms with van der Waals surface area (Å²) in [6.07, 6.45) is 0. The molecule has 0 aliphatic carbocycles. The molecule has 0 unspecified atom stereocenters. The third-order valence-corrected chi connectivity index (χ3v) is 2.52. The standard InChI is InChI=1S/C14H13NO2/c1-17-13-5-3-2-4-12(13)14(16)10-6-8-11(15)9-7-10/h2-9H,15H2,1H3. The van der Waals surface area contributed by atoms with Crippen LogP contribution in [0.25, 0.3) is 0 Å². The Kier molecular flexibility index (Phi) is 3.10. The SMILES string of the molecule is COc1ccccc1C(=O)c1ccc(N)cc1. The molecule has 2 aromatic carbocycles. The van der Waals surface area contributed by atoms with Gasteiger partial charge >= 0.3 is 0 Å². The predicted molar refractivity (Wildman–Crippen MR) is 67.3 cm³/mol. The molecular formula is C14H13NO2. The summed E-state index contributed by atoms with van der Waals surface area (Å²) in [5, 5.41) is 0. The molecule has 0 saturated carbocycles. The van der Waals surface area contributed by atoms with Crippen molar-refractivity contribution in [3.8, 4) is 5.75 Å². The summed E-state index contributed by atoms with van der Waals surface area (Å²) >= 11 is 0. The van der Waals surface area contributed by atoms with Crippen LogP contribution in [-0.2, 0) is 0 Å². The average Bonchev–Trinajstić information content (AvgIpc) is 2.39. The van der Waals surface area contributed by atoms with Crippen molar-refractivity contribution < 1.29 is 9.53 Å². The molecule has 0 radical (unpaired) electrons. The van der Waals surface area contributed by atoms with E-state index in [1.54, 1.807) is 43.5 Å². The van der Waals surface area contributed by atoms with Crippen LogP contribution in [0, 0.1) is 0 Å². The number of para-hydroxylation sites is 1. The van der Waals surface area contributed by atoms with Gasteiger partial charge in [-0.15, -0.1) is 0 Å². The van der Waals surface area contributed by atoms with E-state index < -0.39 is 0 Å². The van der Waals surface area contributed by atoms with Gasteiger partial charge in [0, 0.05) is 11.3 Å². The van der Waals surface area contributed by atoms with E-state index in [1.807, 2.05) is 12.1 Å². The molecule has 0 aromatic heterocycles. The lowest BCUT2D eigenvalue weighted by Crippen LogP contribution is -2.03. The highest BCUT2D eigenvalue weighted by atomic mass is 16.5. The van der Waals surface area contributed by atoms with Gasteiger partial charge in [0.1, 0.15) is 5.75 Å². The van der Waals surface area contributed by atoms with Crippen LogP contribution in [0.3, 0.4) is 0 Å².